The molecular weight excluding hydrogens is 284 g/mol. The number of nitrogens with zero attached hydrogens (tertiary/aromatic N) is 2. The Morgan fingerprint density at radius 1 is 1.05 bits per heavy atom. The number of benzene rings is 1. The van der Waals surface area contributed by atoms with E-state index in [4.69, 9.17) is 0 Å². The van der Waals surface area contributed by atoms with Gasteiger partial charge in [-0.15, -0.1) is 0 Å². The Morgan fingerprint density at radius 2 is 1.67 bits per heavy atom. The van der Waals surface area contributed by atoms with Gasteiger partial charge in [0.05, 0.1) is 4.90 Å². The third-order valence-corrected chi connectivity index (χ3v) is 4.35. The van der Waals surface area contributed by atoms with Crippen molar-refractivity contribution in [2.24, 2.45) is 0 Å². The molecule has 1 heterocycles. The monoisotopic (exact) mass is 304 g/mol. The highest BCUT2D eigenvalue weighted by Gasteiger charge is 2.07. The van der Waals surface area contributed by atoms with Crippen LogP contribution in [0.1, 0.15) is 16.8 Å². The number of rotatable bonds is 5. The van der Waals surface area contributed by atoms with E-state index in [-0.39, 0.29) is 0 Å². The lowest BCUT2D eigenvalue weighted by atomic mass is 10.2. The van der Waals surface area contributed by atoms with Crippen LogP contribution < -0.4 is 0 Å². The molecule has 0 amide bonds. The molecule has 0 bridgehead atoms. The molecule has 2 rings (SSSR count). The van der Waals surface area contributed by atoms with Crippen LogP contribution in [0.25, 0.3) is 0 Å². The Balaban J connectivity index is 2.01. The molecule has 0 aliphatic heterocycles. The van der Waals surface area contributed by atoms with E-state index in [2.05, 4.69) is 16.0 Å². The third-order valence-electron chi connectivity index (χ3n) is 3.22. The number of aromatic nitrogens is 1. The van der Waals surface area contributed by atoms with Crippen LogP contribution in [0.2, 0.25) is 0 Å². The lowest BCUT2D eigenvalue weighted by molar-refractivity contribution is 0.319. The van der Waals surface area contributed by atoms with Gasteiger partial charge in [0.1, 0.15) is 0 Å². The van der Waals surface area contributed by atoms with E-state index in [9.17, 15) is 8.42 Å². The summed E-state index contributed by atoms with van der Waals surface area (Å²) in [4.78, 5) is 6.73. The van der Waals surface area contributed by atoms with Gasteiger partial charge in [0.25, 0.3) is 0 Å². The first kappa shape index (κ1) is 15.7. The molecule has 0 saturated carbocycles. The van der Waals surface area contributed by atoms with Gasteiger partial charge in [-0.2, -0.15) is 0 Å². The van der Waals surface area contributed by atoms with Gasteiger partial charge in [-0.25, -0.2) is 8.42 Å². The van der Waals surface area contributed by atoms with Gasteiger partial charge in [0, 0.05) is 31.2 Å². The first-order valence-electron chi connectivity index (χ1n) is 6.74. The second-order valence-electron chi connectivity index (χ2n) is 5.39. The smallest absolute Gasteiger partial charge is 0.175 e. The third kappa shape index (κ3) is 4.65. The van der Waals surface area contributed by atoms with Crippen molar-refractivity contribution in [3.05, 3.63) is 59.4 Å². The highest BCUT2D eigenvalue weighted by Crippen LogP contribution is 2.13. The van der Waals surface area contributed by atoms with E-state index >= 15 is 0 Å². The van der Waals surface area contributed by atoms with Gasteiger partial charge >= 0.3 is 0 Å². The summed E-state index contributed by atoms with van der Waals surface area (Å²) in [5.41, 5.74) is 3.33. The summed E-state index contributed by atoms with van der Waals surface area (Å²) >= 11 is 0. The lowest BCUT2D eigenvalue weighted by Gasteiger charge is -2.17. The van der Waals surface area contributed by atoms with Crippen molar-refractivity contribution in [1.82, 2.24) is 9.88 Å². The normalized spacial score (nSPS) is 11.8. The van der Waals surface area contributed by atoms with Crippen LogP contribution in [-0.4, -0.2) is 31.6 Å². The fourth-order valence-corrected chi connectivity index (χ4v) is 2.85. The van der Waals surface area contributed by atoms with Crippen LogP contribution in [0.15, 0.2) is 47.5 Å². The highest BCUT2D eigenvalue weighted by atomic mass is 32.2. The largest absolute Gasteiger partial charge is 0.298 e. The highest BCUT2D eigenvalue weighted by molar-refractivity contribution is 7.90. The molecular formula is C16H20N2O2S. The molecule has 0 fully saturated rings. The van der Waals surface area contributed by atoms with E-state index in [1.54, 1.807) is 12.1 Å². The molecule has 5 heteroatoms. The van der Waals surface area contributed by atoms with Crippen LogP contribution in [0.4, 0.5) is 0 Å². The standard InChI is InChI=1S/C16H20N2O2S/c1-13-10-15(8-9-17-13)12-18(2)11-14-4-6-16(7-5-14)21(3,19)20/h4-10H,11-12H2,1-3H3. The maximum absolute atomic E-state index is 11.4. The number of hydrogen-bond acceptors (Lipinski definition) is 4. The van der Waals surface area contributed by atoms with Gasteiger partial charge in [-0.05, 0) is 49.4 Å². The number of sulfone groups is 1. The Hall–Kier alpha value is -1.72. The molecule has 0 radical (unpaired) electrons. The van der Waals surface area contributed by atoms with Gasteiger partial charge in [-0.1, -0.05) is 12.1 Å². The second-order valence-corrected chi connectivity index (χ2v) is 7.41. The predicted octanol–water partition coefficient (Wildman–Crippen LogP) is 2.43. The first-order chi connectivity index (χ1) is 9.84. The Bertz CT molecular complexity index is 709. The van der Waals surface area contributed by atoms with E-state index in [0.717, 1.165) is 24.3 Å². The summed E-state index contributed by atoms with van der Waals surface area (Å²) in [6, 6.07) is 11.1. The quantitative estimate of drug-likeness (QED) is 0.851. The minimum atomic E-state index is -3.12. The van der Waals surface area contributed by atoms with Crippen molar-refractivity contribution in [2.45, 2.75) is 24.9 Å². The van der Waals surface area contributed by atoms with Crippen LogP contribution in [0, 0.1) is 6.92 Å². The molecule has 0 aliphatic carbocycles. The van der Waals surface area contributed by atoms with Gasteiger partial charge < -0.3 is 0 Å². The molecule has 4 nitrogen and oxygen atoms in total. The van der Waals surface area contributed by atoms with Crippen LogP contribution >= 0.6 is 0 Å². The average Bonchev–Trinajstić information content (AvgIpc) is 2.38. The summed E-state index contributed by atoms with van der Waals surface area (Å²) in [6.07, 6.45) is 3.04. The van der Waals surface area contributed by atoms with Gasteiger partial charge in [0.15, 0.2) is 9.84 Å². The van der Waals surface area contributed by atoms with Crippen LogP contribution in [0.5, 0.6) is 0 Å². The van der Waals surface area contributed by atoms with Crippen LogP contribution in [-0.2, 0) is 22.9 Å². The Labute approximate surface area is 126 Å². The minimum Gasteiger partial charge on any atom is -0.298 e. The maximum Gasteiger partial charge on any atom is 0.175 e. The molecule has 0 N–H and O–H groups in total. The molecule has 0 saturated heterocycles. The molecule has 0 aliphatic rings. The fourth-order valence-electron chi connectivity index (χ4n) is 2.22. The molecule has 0 atom stereocenters. The van der Waals surface area contributed by atoms with E-state index in [1.165, 1.54) is 11.8 Å². The van der Waals surface area contributed by atoms with Crippen molar-refractivity contribution < 1.29 is 8.42 Å². The summed E-state index contributed by atoms with van der Waals surface area (Å²) in [6.45, 7) is 3.58. The molecule has 112 valence electrons. The molecule has 0 unspecified atom stereocenters. The maximum atomic E-state index is 11.4. The number of hydrogen-bond donors (Lipinski definition) is 0. The predicted molar refractivity (Wildman–Crippen MR) is 83.7 cm³/mol. The fraction of sp³-hybridized carbons (Fsp3) is 0.312. The van der Waals surface area contributed by atoms with Crippen molar-refractivity contribution >= 4 is 9.84 Å². The Kier molecular flexibility index (Phi) is 4.75. The van der Waals surface area contributed by atoms with Gasteiger partial charge in [0.2, 0.25) is 0 Å². The van der Waals surface area contributed by atoms with Crippen molar-refractivity contribution in [1.29, 1.82) is 0 Å². The second kappa shape index (κ2) is 6.37. The molecule has 1 aromatic heterocycles. The van der Waals surface area contributed by atoms with Gasteiger partial charge in [-0.3, -0.25) is 9.88 Å². The van der Waals surface area contributed by atoms with Crippen molar-refractivity contribution in [3.63, 3.8) is 0 Å². The molecule has 0 spiro atoms. The molecule has 2 aromatic rings. The summed E-state index contributed by atoms with van der Waals surface area (Å²) < 4.78 is 22.8. The minimum absolute atomic E-state index is 0.360. The van der Waals surface area contributed by atoms with Crippen LogP contribution in [0.3, 0.4) is 0 Å². The Morgan fingerprint density at radius 3 is 2.24 bits per heavy atom. The SMILES string of the molecule is Cc1cc(CN(C)Cc2ccc(S(C)(=O)=O)cc2)ccn1. The molecule has 1 aromatic carbocycles. The number of aryl methyl sites for hydroxylation is 1. The first-order valence-corrected chi connectivity index (χ1v) is 8.63. The summed E-state index contributed by atoms with van der Waals surface area (Å²) in [7, 11) is -1.08. The topological polar surface area (TPSA) is 50.3 Å². The molecule has 21 heavy (non-hydrogen) atoms. The van der Waals surface area contributed by atoms with E-state index in [0.29, 0.717) is 4.90 Å². The van der Waals surface area contributed by atoms with E-state index in [1.807, 2.05) is 38.4 Å². The van der Waals surface area contributed by atoms with Crippen molar-refractivity contribution in [2.75, 3.05) is 13.3 Å². The van der Waals surface area contributed by atoms with Crippen molar-refractivity contribution in [3.8, 4) is 0 Å². The number of pyridine rings is 1. The average molecular weight is 304 g/mol. The summed E-state index contributed by atoms with van der Waals surface area (Å²) in [5.74, 6) is 0. The zero-order valence-corrected chi connectivity index (χ0v) is 13.4. The summed E-state index contributed by atoms with van der Waals surface area (Å²) in [5, 5.41) is 0. The lowest BCUT2D eigenvalue weighted by Crippen LogP contribution is -2.17. The van der Waals surface area contributed by atoms with E-state index < -0.39 is 9.84 Å². The zero-order valence-electron chi connectivity index (χ0n) is 12.6. The zero-order chi connectivity index (χ0) is 15.5.